The van der Waals surface area contributed by atoms with Gasteiger partial charge in [-0.3, -0.25) is 9.89 Å². The summed E-state index contributed by atoms with van der Waals surface area (Å²) in [6.07, 6.45) is -3.79. The van der Waals surface area contributed by atoms with Crippen molar-refractivity contribution in [2.24, 2.45) is 0 Å². The predicted molar refractivity (Wildman–Crippen MR) is 61.9 cm³/mol. The average molecular weight is 272 g/mol. The standard InChI is InChI=1S/C11H11F3N4O/c12-11(13,14)9-8-7(17-18-9)3-6(16-10(8)19)5-1-2-15-4-5/h3,5,15H,1-2,4H2,(H,16,19)(H,17,18). The Morgan fingerprint density at radius 1 is 1.37 bits per heavy atom. The summed E-state index contributed by atoms with van der Waals surface area (Å²) < 4.78 is 38.1. The maximum Gasteiger partial charge on any atom is 0.435 e. The molecule has 3 N–H and O–H groups in total. The Morgan fingerprint density at radius 3 is 2.79 bits per heavy atom. The van der Waals surface area contributed by atoms with Crippen LogP contribution in [-0.2, 0) is 6.18 Å². The third kappa shape index (κ3) is 2.01. The maximum absolute atomic E-state index is 12.7. The van der Waals surface area contributed by atoms with Gasteiger partial charge in [-0.1, -0.05) is 0 Å². The van der Waals surface area contributed by atoms with Crippen LogP contribution in [0, 0.1) is 0 Å². The van der Waals surface area contributed by atoms with E-state index in [1.165, 1.54) is 6.07 Å². The molecule has 2 aromatic heterocycles. The number of halogens is 3. The molecule has 2 aromatic rings. The van der Waals surface area contributed by atoms with E-state index in [9.17, 15) is 18.0 Å². The zero-order valence-electron chi connectivity index (χ0n) is 9.77. The Morgan fingerprint density at radius 2 is 2.16 bits per heavy atom. The van der Waals surface area contributed by atoms with Gasteiger partial charge in [0.2, 0.25) is 0 Å². The van der Waals surface area contributed by atoms with Gasteiger partial charge in [-0.2, -0.15) is 18.3 Å². The van der Waals surface area contributed by atoms with E-state index in [1.807, 2.05) is 0 Å². The summed E-state index contributed by atoms with van der Waals surface area (Å²) in [4.78, 5) is 14.4. The number of pyridine rings is 1. The molecule has 19 heavy (non-hydrogen) atoms. The van der Waals surface area contributed by atoms with E-state index in [0.29, 0.717) is 12.2 Å². The number of fused-ring (bicyclic) bond motifs is 1. The molecule has 0 spiro atoms. The number of hydrogen-bond acceptors (Lipinski definition) is 3. The van der Waals surface area contributed by atoms with E-state index in [-0.39, 0.29) is 11.4 Å². The van der Waals surface area contributed by atoms with Crippen molar-refractivity contribution in [3.8, 4) is 0 Å². The maximum atomic E-state index is 12.7. The highest BCUT2D eigenvalue weighted by molar-refractivity contribution is 5.81. The number of nitrogens with zero attached hydrogens (tertiary/aromatic N) is 1. The first-order chi connectivity index (χ1) is 8.97. The van der Waals surface area contributed by atoms with Gasteiger partial charge < -0.3 is 10.3 Å². The fourth-order valence-electron chi connectivity index (χ4n) is 2.42. The minimum absolute atomic E-state index is 0.120. The fourth-order valence-corrected chi connectivity index (χ4v) is 2.42. The number of aromatic amines is 2. The third-order valence-corrected chi connectivity index (χ3v) is 3.35. The van der Waals surface area contributed by atoms with Crippen molar-refractivity contribution in [3.05, 3.63) is 27.8 Å². The first-order valence-electron chi connectivity index (χ1n) is 5.86. The molecule has 102 valence electrons. The smallest absolute Gasteiger partial charge is 0.325 e. The summed E-state index contributed by atoms with van der Waals surface area (Å²) in [5, 5.41) is 8.21. The van der Waals surface area contributed by atoms with E-state index < -0.39 is 22.8 Å². The summed E-state index contributed by atoms with van der Waals surface area (Å²) >= 11 is 0. The molecular formula is C11H11F3N4O. The lowest BCUT2D eigenvalue weighted by molar-refractivity contribution is -0.140. The highest BCUT2D eigenvalue weighted by atomic mass is 19.4. The lowest BCUT2D eigenvalue weighted by atomic mass is 10.0. The van der Waals surface area contributed by atoms with Gasteiger partial charge in [-0.05, 0) is 19.0 Å². The summed E-state index contributed by atoms with van der Waals surface area (Å²) in [6.45, 7) is 1.54. The molecule has 0 saturated carbocycles. The molecule has 0 radical (unpaired) electrons. The predicted octanol–water partition coefficient (Wildman–Crippen LogP) is 1.35. The summed E-state index contributed by atoms with van der Waals surface area (Å²) in [6, 6.07) is 1.54. The zero-order chi connectivity index (χ0) is 13.6. The molecule has 1 fully saturated rings. The van der Waals surface area contributed by atoms with Gasteiger partial charge in [0.1, 0.15) is 0 Å². The molecule has 0 amide bonds. The van der Waals surface area contributed by atoms with Gasteiger partial charge in [0.15, 0.2) is 5.69 Å². The molecule has 0 bridgehead atoms. The minimum Gasteiger partial charge on any atom is -0.325 e. The monoisotopic (exact) mass is 272 g/mol. The number of hydrogen-bond donors (Lipinski definition) is 3. The van der Waals surface area contributed by atoms with Crippen molar-refractivity contribution >= 4 is 10.9 Å². The van der Waals surface area contributed by atoms with Crippen molar-refractivity contribution in [1.29, 1.82) is 0 Å². The first kappa shape index (κ1) is 12.2. The second-order valence-corrected chi connectivity index (χ2v) is 4.60. The summed E-state index contributed by atoms with van der Waals surface area (Å²) in [5.74, 6) is 0.120. The molecule has 0 aromatic carbocycles. The highest BCUT2D eigenvalue weighted by Gasteiger charge is 2.37. The largest absolute Gasteiger partial charge is 0.435 e. The topological polar surface area (TPSA) is 73.6 Å². The fraction of sp³-hybridized carbons (Fsp3) is 0.455. The van der Waals surface area contributed by atoms with Crippen molar-refractivity contribution in [3.63, 3.8) is 0 Å². The van der Waals surface area contributed by atoms with Crippen LogP contribution < -0.4 is 10.9 Å². The van der Waals surface area contributed by atoms with Gasteiger partial charge in [-0.15, -0.1) is 0 Å². The lowest BCUT2D eigenvalue weighted by Gasteiger charge is -2.08. The van der Waals surface area contributed by atoms with Crippen LogP contribution in [0.2, 0.25) is 0 Å². The van der Waals surface area contributed by atoms with Crippen LogP contribution in [0.3, 0.4) is 0 Å². The Balaban J connectivity index is 2.16. The van der Waals surface area contributed by atoms with E-state index in [1.54, 1.807) is 0 Å². The Bertz CT molecular complexity index is 667. The van der Waals surface area contributed by atoms with Gasteiger partial charge in [0.25, 0.3) is 5.56 Å². The first-order valence-corrected chi connectivity index (χ1v) is 5.86. The van der Waals surface area contributed by atoms with E-state index in [4.69, 9.17) is 0 Å². The lowest BCUT2D eigenvalue weighted by Crippen LogP contribution is -2.16. The average Bonchev–Trinajstić information content (AvgIpc) is 2.96. The molecule has 1 saturated heterocycles. The van der Waals surface area contributed by atoms with E-state index in [0.717, 1.165) is 13.0 Å². The summed E-state index contributed by atoms with van der Waals surface area (Å²) in [7, 11) is 0. The van der Waals surface area contributed by atoms with E-state index in [2.05, 4.69) is 20.5 Å². The number of nitrogens with one attached hydrogen (secondary N) is 3. The van der Waals surface area contributed by atoms with Crippen molar-refractivity contribution < 1.29 is 13.2 Å². The molecule has 0 aliphatic carbocycles. The van der Waals surface area contributed by atoms with Gasteiger partial charge in [0.05, 0.1) is 10.9 Å². The molecule has 1 atom stereocenters. The molecule has 1 unspecified atom stereocenters. The van der Waals surface area contributed by atoms with Gasteiger partial charge in [0, 0.05) is 18.2 Å². The molecule has 3 heterocycles. The number of H-pyrrole nitrogens is 2. The number of alkyl halides is 3. The third-order valence-electron chi connectivity index (χ3n) is 3.35. The second-order valence-electron chi connectivity index (χ2n) is 4.60. The second kappa shape index (κ2) is 4.09. The normalized spacial score (nSPS) is 20.3. The van der Waals surface area contributed by atoms with Crippen LogP contribution in [0.4, 0.5) is 13.2 Å². The Labute approximate surface area is 105 Å². The quantitative estimate of drug-likeness (QED) is 0.733. The van der Waals surface area contributed by atoms with E-state index >= 15 is 0 Å². The molecular weight excluding hydrogens is 261 g/mol. The highest BCUT2D eigenvalue weighted by Crippen LogP contribution is 2.32. The summed E-state index contributed by atoms with van der Waals surface area (Å²) in [5.41, 5.74) is -1.15. The molecule has 1 aliphatic rings. The van der Waals surface area contributed by atoms with Crippen LogP contribution in [0.15, 0.2) is 10.9 Å². The zero-order valence-corrected chi connectivity index (χ0v) is 9.77. The van der Waals surface area contributed by atoms with Crippen molar-refractivity contribution in [2.75, 3.05) is 13.1 Å². The van der Waals surface area contributed by atoms with Crippen LogP contribution in [0.25, 0.3) is 10.9 Å². The van der Waals surface area contributed by atoms with Gasteiger partial charge in [-0.25, -0.2) is 0 Å². The molecule has 3 rings (SSSR count). The molecule has 5 nitrogen and oxygen atoms in total. The Hall–Kier alpha value is -1.83. The molecule has 1 aliphatic heterocycles. The number of rotatable bonds is 1. The van der Waals surface area contributed by atoms with Crippen molar-refractivity contribution in [1.82, 2.24) is 20.5 Å². The number of aromatic nitrogens is 3. The Kier molecular flexibility index (Phi) is 2.63. The minimum atomic E-state index is -4.64. The van der Waals surface area contributed by atoms with Crippen LogP contribution in [0.1, 0.15) is 23.7 Å². The van der Waals surface area contributed by atoms with Crippen LogP contribution in [0.5, 0.6) is 0 Å². The van der Waals surface area contributed by atoms with Gasteiger partial charge >= 0.3 is 6.18 Å². The molecule has 8 heteroatoms. The van der Waals surface area contributed by atoms with Crippen molar-refractivity contribution in [2.45, 2.75) is 18.5 Å². The van der Waals surface area contributed by atoms with Crippen LogP contribution >= 0.6 is 0 Å². The van der Waals surface area contributed by atoms with Crippen LogP contribution in [-0.4, -0.2) is 28.3 Å². The SMILES string of the molecule is O=c1[nH]c(C2CCNC2)cc2[nH]nc(C(F)(F)F)c12.